The van der Waals surface area contributed by atoms with Crippen molar-refractivity contribution in [1.82, 2.24) is 20.6 Å². The number of nitrogens with one attached hydrogen (secondary N) is 3. The molecule has 2 saturated carbocycles. The van der Waals surface area contributed by atoms with Gasteiger partial charge < -0.3 is 30.4 Å². The van der Waals surface area contributed by atoms with E-state index < -0.39 is 5.97 Å². The van der Waals surface area contributed by atoms with Crippen molar-refractivity contribution in [2.45, 2.75) is 51.1 Å². The summed E-state index contributed by atoms with van der Waals surface area (Å²) in [6, 6.07) is 0.176. The van der Waals surface area contributed by atoms with Crippen LogP contribution < -0.4 is 39.5 Å². The molecule has 9 nitrogen and oxygen atoms in total. The minimum atomic E-state index is -1.32. The van der Waals surface area contributed by atoms with Gasteiger partial charge in [-0.2, -0.15) is 0 Å². The first kappa shape index (κ1) is 26.4. The number of amides is 2. The molecule has 3 fully saturated rings. The van der Waals surface area contributed by atoms with E-state index in [0.717, 1.165) is 37.0 Å². The summed E-state index contributed by atoms with van der Waals surface area (Å²) < 4.78 is 0. The number of piperidine rings is 1. The maximum Gasteiger partial charge on any atom is 1.00 e. The molecule has 35 heavy (non-hydrogen) atoms. The number of aromatic amines is 1. The minimum absolute atomic E-state index is 0. The van der Waals surface area contributed by atoms with Crippen molar-refractivity contribution in [2.24, 2.45) is 11.8 Å². The molecule has 13 heteroatoms. The molecule has 0 bridgehead atoms. The fraction of sp³-hybridized carbons (Fsp3) is 0.545. The van der Waals surface area contributed by atoms with Crippen molar-refractivity contribution < 1.29 is 38.4 Å². The molecule has 2 aromatic rings. The summed E-state index contributed by atoms with van der Waals surface area (Å²) in [5.41, 5.74) is 1.14. The fourth-order valence-electron chi connectivity index (χ4n) is 5.10. The fourth-order valence-corrected chi connectivity index (χ4v) is 6.46. The predicted molar refractivity (Wildman–Crippen MR) is 127 cm³/mol. The number of aromatic nitrogens is 2. The Labute approximate surface area is 228 Å². The number of hydrogen-bond acceptors (Lipinski definition) is 7. The molecule has 2 aromatic heterocycles. The molecule has 0 spiro atoms. The van der Waals surface area contributed by atoms with E-state index in [0.29, 0.717) is 28.9 Å². The van der Waals surface area contributed by atoms with Crippen molar-refractivity contribution in [3.05, 3.63) is 32.0 Å². The SMILES string of the molecule is Cc1[nH]c(C(=O)NC2[C@H]3CN(c4nc(CC(=O)NC5CCCC5)c(C(=O)[O-])s4)C[C@@H]23)c(Cl)c1Cl.[Li+]. The zero-order valence-electron chi connectivity index (χ0n) is 19.5. The van der Waals surface area contributed by atoms with Crippen LogP contribution in [0.1, 0.15) is 57.2 Å². The Bertz CT molecular complexity index is 1150. The molecule has 1 saturated heterocycles. The Morgan fingerprint density at radius 3 is 2.37 bits per heavy atom. The van der Waals surface area contributed by atoms with Crippen LogP contribution in [0.4, 0.5) is 5.13 Å². The summed E-state index contributed by atoms with van der Waals surface area (Å²) in [6.45, 7) is 3.03. The van der Waals surface area contributed by atoms with Crippen LogP contribution in [-0.2, 0) is 11.2 Å². The van der Waals surface area contributed by atoms with E-state index in [1.165, 1.54) is 0 Å². The molecule has 3 N–H and O–H groups in total. The van der Waals surface area contributed by atoms with Crippen molar-refractivity contribution in [1.29, 1.82) is 0 Å². The topological polar surface area (TPSA) is 130 Å². The first-order valence-corrected chi connectivity index (χ1v) is 12.9. The van der Waals surface area contributed by atoms with Gasteiger partial charge in [0.1, 0.15) is 5.69 Å². The predicted octanol–water partition coefficient (Wildman–Crippen LogP) is -1.08. The monoisotopic (exact) mass is 531 g/mol. The smallest absolute Gasteiger partial charge is 0.544 e. The Balaban J connectivity index is 0.00000289. The number of halogens is 2. The van der Waals surface area contributed by atoms with Crippen molar-refractivity contribution in [3.63, 3.8) is 0 Å². The number of anilines is 1. The number of carbonyl (C=O) groups excluding carboxylic acids is 3. The number of H-pyrrole nitrogens is 1. The van der Waals surface area contributed by atoms with Crippen LogP contribution in [0.2, 0.25) is 10.0 Å². The third-order valence-electron chi connectivity index (χ3n) is 6.96. The van der Waals surface area contributed by atoms with E-state index in [4.69, 9.17) is 23.2 Å². The molecule has 3 atom stereocenters. The molecule has 1 unspecified atom stereocenters. The van der Waals surface area contributed by atoms with Gasteiger partial charge in [-0.05, 0) is 19.8 Å². The first-order valence-electron chi connectivity index (χ1n) is 11.3. The molecule has 5 rings (SSSR count). The van der Waals surface area contributed by atoms with Crippen LogP contribution in [0.25, 0.3) is 0 Å². The van der Waals surface area contributed by atoms with E-state index >= 15 is 0 Å². The second kappa shape index (κ2) is 10.3. The number of aromatic carboxylic acids is 1. The van der Waals surface area contributed by atoms with E-state index in [1.54, 1.807) is 6.92 Å². The summed E-state index contributed by atoms with van der Waals surface area (Å²) in [5.74, 6) is -1.36. The zero-order chi connectivity index (χ0) is 24.1. The number of rotatable bonds is 7. The second-order valence-electron chi connectivity index (χ2n) is 9.27. The molecule has 3 heterocycles. The van der Waals surface area contributed by atoms with Gasteiger partial charge in [0.05, 0.1) is 33.0 Å². The molecule has 182 valence electrons. The molecular weight excluding hydrogens is 508 g/mol. The van der Waals surface area contributed by atoms with Gasteiger partial charge >= 0.3 is 18.9 Å². The molecule has 2 amide bonds. The largest absolute Gasteiger partial charge is 1.00 e. The van der Waals surface area contributed by atoms with E-state index in [2.05, 4.69) is 20.6 Å². The summed E-state index contributed by atoms with van der Waals surface area (Å²) >= 11 is 13.2. The average Bonchev–Trinajstić information content (AvgIpc) is 3.35. The summed E-state index contributed by atoms with van der Waals surface area (Å²) in [5, 5.41) is 18.7. The van der Waals surface area contributed by atoms with Gasteiger partial charge in [-0.15, -0.1) is 0 Å². The van der Waals surface area contributed by atoms with Gasteiger partial charge in [-0.25, -0.2) is 4.98 Å². The van der Waals surface area contributed by atoms with Crippen LogP contribution >= 0.6 is 34.5 Å². The number of hydrogen-bond donors (Lipinski definition) is 3. The standard InChI is InChI=1S/C22H25Cl2N5O4S.Li/c1-9-15(23)16(24)18(25-9)20(31)28-17-11-7-29(8-12(11)17)22-27-13(19(34-22)21(32)33)6-14(30)26-10-4-2-3-5-10;/h10-12,17,25H,2-8H2,1H3,(H,26,30)(H,28,31)(H,32,33);/q;+1/p-1/t11-,12+,17?;. The van der Waals surface area contributed by atoms with Crippen LogP contribution in [0.5, 0.6) is 0 Å². The number of nitrogens with zero attached hydrogens (tertiary/aromatic N) is 2. The molecule has 0 radical (unpaired) electrons. The van der Waals surface area contributed by atoms with Crippen LogP contribution in [0.15, 0.2) is 0 Å². The van der Waals surface area contributed by atoms with Gasteiger partial charge in [-0.1, -0.05) is 47.4 Å². The number of carboxylic acid groups (broad SMARTS) is 1. The third-order valence-corrected chi connectivity index (χ3v) is 9.05. The van der Waals surface area contributed by atoms with E-state index in [9.17, 15) is 19.5 Å². The Hall–Kier alpha value is -1.70. The van der Waals surface area contributed by atoms with Crippen molar-refractivity contribution in [3.8, 4) is 0 Å². The first-order chi connectivity index (χ1) is 16.2. The van der Waals surface area contributed by atoms with Gasteiger partial charge in [0, 0.05) is 42.7 Å². The van der Waals surface area contributed by atoms with Crippen molar-refractivity contribution in [2.75, 3.05) is 18.0 Å². The number of aryl methyl sites for hydroxylation is 1. The van der Waals surface area contributed by atoms with Gasteiger partial charge in [0.15, 0.2) is 5.13 Å². The minimum Gasteiger partial charge on any atom is -0.544 e. The second-order valence-corrected chi connectivity index (χ2v) is 11.0. The quantitative estimate of drug-likeness (QED) is 0.389. The summed E-state index contributed by atoms with van der Waals surface area (Å²) in [4.78, 5) is 46.1. The van der Waals surface area contributed by atoms with E-state index in [1.807, 2.05) is 4.90 Å². The number of thiazole rings is 1. The molecule has 2 aliphatic carbocycles. The van der Waals surface area contributed by atoms with Crippen LogP contribution in [0.3, 0.4) is 0 Å². The third kappa shape index (κ3) is 5.23. The number of carbonyl (C=O) groups is 3. The summed E-state index contributed by atoms with van der Waals surface area (Å²) in [7, 11) is 0. The average molecular weight is 532 g/mol. The Morgan fingerprint density at radius 2 is 1.80 bits per heavy atom. The summed E-state index contributed by atoms with van der Waals surface area (Å²) in [6.07, 6.45) is 4.03. The Morgan fingerprint density at radius 1 is 1.14 bits per heavy atom. The molecule has 0 aromatic carbocycles. The van der Waals surface area contributed by atoms with Crippen molar-refractivity contribution >= 4 is 57.5 Å². The van der Waals surface area contributed by atoms with E-state index in [-0.39, 0.29) is 82.3 Å². The zero-order valence-corrected chi connectivity index (χ0v) is 21.8. The van der Waals surface area contributed by atoms with Gasteiger partial charge in [0.25, 0.3) is 5.91 Å². The van der Waals surface area contributed by atoms with Gasteiger partial charge in [-0.3, -0.25) is 9.59 Å². The Kier molecular flexibility index (Phi) is 7.79. The van der Waals surface area contributed by atoms with Crippen LogP contribution in [-0.4, -0.2) is 52.9 Å². The van der Waals surface area contributed by atoms with Crippen LogP contribution in [0, 0.1) is 18.8 Å². The molecule has 1 aliphatic heterocycles. The maximum atomic E-state index is 12.6. The number of fused-ring (bicyclic) bond motifs is 1. The van der Waals surface area contributed by atoms with Gasteiger partial charge in [0.2, 0.25) is 5.91 Å². The maximum absolute atomic E-state index is 12.6. The normalized spacial score (nSPS) is 23.1. The molecular formula is C22H24Cl2LiN5O4S. The number of carboxylic acids is 1. The molecule has 3 aliphatic rings.